The Labute approximate surface area is 192 Å². The molecule has 8 atom stereocenters. The number of aliphatic hydroxyl groups excluding tert-OH is 1. The molecule has 1 heteroatoms. The third-order valence-corrected chi connectivity index (χ3v) is 11.4. The summed E-state index contributed by atoms with van der Waals surface area (Å²) in [6.07, 6.45) is 18.4. The fraction of sp³-hybridized carbons (Fsp3) is 0.867. The number of allylic oxidation sites excluding steroid dienone is 3. The predicted octanol–water partition coefficient (Wildman–Crippen LogP) is 8.09. The number of hydrogen-bond donors (Lipinski definition) is 1. The van der Waals surface area contributed by atoms with Crippen LogP contribution in [0, 0.1) is 46.3 Å². The standard InChI is InChI=1S/C30H48O/c1-19(2)24(21-7-8-21)10-6-20(3)26-12-13-27-25-11-9-22-18-23(31)14-16-29(22,4)28(25)15-17-30(26,27)5/h9,19-20,23,25-28,31H,6-8,10-18H2,1-5H3/t20-,23+,25+,26-,27+,28+,29+,30-/m1/s1. The molecule has 31 heavy (non-hydrogen) atoms. The minimum atomic E-state index is -0.0808. The monoisotopic (exact) mass is 424 g/mol. The number of fused-ring (bicyclic) bond motifs is 5. The molecule has 0 aromatic carbocycles. The van der Waals surface area contributed by atoms with E-state index in [4.69, 9.17) is 0 Å². The largest absolute Gasteiger partial charge is 0.393 e. The van der Waals surface area contributed by atoms with Crippen LogP contribution in [0.15, 0.2) is 22.8 Å². The Morgan fingerprint density at radius 1 is 1.03 bits per heavy atom. The molecule has 0 unspecified atom stereocenters. The van der Waals surface area contributed by atoms with Crippen molar-refractivity contribution in [1.29, 1.82) is 0 Å². The molecule has 5 rings (SSSR count). The zero-order valence-electron chi connectivity index (χ0n) is 21.1. The summed E-state index contributed by atoms with van der Waals surface area (Å²) in [6, 6.07) is 0. The smallest absolute Gasteiger partial charge is 0.0577 e. The van der Waals surface area contributed by atoms with Crippen LogP contribution in [0.2, 0.25) is 0 Å². The Hall–Kier alpha value is -0.560. The molecule has 0 amide bonds. The fourth-order valence-electron chi connectivity index (χ4n) is 9.46. The molecule has 0 bridgehead atoms. The fourth-order valence-corrected chi connectivity index (χ4v) is 9.46. The van der Waals surface area contributed by atoms with Crippen LogP contribution in [0.25, 0.3) is 0 Å². The first-order valence-corrected chi connectivity index (χ1v) is 13.8. The topological polar surface area (TPSA) is 20.2 Å². The quantitative estimate of drug-likeness (QED) is 0.442. The molecule has 0 aromatic rings. The van der Waals surface area contributed by atoms with Gasteiger partial charge < -0.3 is 5.11 Å². The van der Waals surface area contributed by atoms with Crippen molar-refractivity contribution >= 4 is 0 Å². The van der Waals surface area contributed by atoms with Crippen molar-refractivity contribution in [3.63, 3.8) is 0 Å². The zero-order chi connectivity index (χ0) is 22.0. The second kappa shape index (κ2) is 8.03. The SMILES string of the molecule is CC(C)C(CC[C@@H](C)[C@H]1CC[C@H]2[C@@H]3CC=C4C[C@@H](O)CC[C@]4(C)[C@H]3CC[C@]12C)=C1CC1. The van der Waals surface area contributed by atoms with Gasteiger partial charge in [-0.1, -0.05) is 57.4 Å². The van der Waals surface area contributed by atoms with Gasteiger partial charge in [0.05, 0.1) is 6.10 Å². The van der Waals surface area contributed by atoms with Gasteiger partial charge in [0, 0.05) is 0 Å². The van der Waals surface area contributed by atoms with Crippen LogP contribution in [0.5, 0.6) is 0 Å². The molecule has 0 spiro atoms. The average molecular weight is 425 g/mol. The van der Waals surface area contributed by atoms with Crippen LogP contribution in [0.1, 0.15) is 112 Å². The second-order valence-corrected chi connectivity index (χ2v) is 13.2. The molecule has 5 aliphatic carbocycles. The van der Waals surface area contributed by atoms with Gasteiger partial charge in [-0.05, 0) is 123 Å². The van der Waals surface area contributed by atoms with Crippen LogP contribution < -0.4 is 0 Å². The van der Waals surface area contributed by atoms with E-state index >= 15 is 0 Å². The van der Waals surface area contributed by atoms with E-state index in [9.17, 15) is 5.11 Å². The Kier molecular flexibility index (Phi) is 5.76. The van der Waals surface area contributed by atoms with E-state index in [0.717, 1.165) is 48.3 Å². The van der Waals surface area contributed by atoms with Crippen molar-refractivity contribution < 1.29 is 5.11 Å². The van der Waals surface area contributed by atoms with Gasteiger partial charge in [-0.3, -0.25) is 0 Å². The molecule has 4 fully saturated rings. The van der Waals surface area contributed by atoms with E-state index in [2.05, 4.69) is 40.7 Å². The lowest BCUT2D eigenvalue weighted by Gasteiger charge is -2.58. The highest BCUT2D eigenvalue weighted by Crippen LogP contribution is 2.67. The summed E-state index contributed by atoms with van der Waals surface area (Å²) >= 11 is 0. The van der Waals surface area contributed by atoms with Crippen LogP contribution in [0.3, 0.4) is 0 Å². The third-order valence-electron chi connectivity index (χ3n) is 11.4. The van der Waals surface area contributed by atoms with E-state index < -0.39 is 0 Å². The van der Waals surface area contributed by atoms with E-state index in [0.29, 0.717) is 10.8 Å². The highest BCUT2D eigenvalue weighted by Gasteiger charge is 2.59. The van der Waals surface area contributed by atoms with Crippen molar-refractivity contribution in [2.45, 2.75) is 118 Å². The summed E-state index contributed by atoms with van der Waals surface area (Å²) in [7, 11) is 0. The number of aliphatic hydroxyl groups is 1. The van der Waals surface area contributed by atoms with E-state index in [-0.39, 0.29) is 6.10 Å². The molecule has 0 aliphatic heterocycles. The molecule has 0 radical (unpaired) electrons. The Morgan fingerprint density at radius 3 is 2.52 bits per heavy atom. The molecule has 1 nitrogen and oxygen atoms in total. The summed E-state index contributed by atoms with van der Waals surface area (Å²) in [6.45, 7) is 12.7. The molecule has 174 valence electrons. The van der Waals surface area contributed by atoms with Crippen molar-refractivity contribution in [2.75, 3.05) is 0 Å². The second-order valence-electron chi connectivity index (χ2n) is 13.2. The Morgan fingerprint density at radius 2 is 1.81 bits per heavy atom. The van der Waals surface area contributed by atoms with Gasteiger partial charge in [-0.2, -0.15) is 0 Å². The van der Waals surface area contributed by atoms with Gasteiger partial charge in [0.15, 0.2) is 0 Å². The lowest BCUT2D eigenvalue weighted by Crippen LogP contribution is -2.50. The van der Waals surface area contributed by atoms with Crippen LogP contribution >= 0.6 is 0 Å². The van der Waals surface area contributed by atoms with Crippen molar-refractivity contribution in [3.8, 4) is 0 Å². The Balaban J connectivity index is 1.30. The van der Waals surface area contributed by atoms with E-state index in [1.807, 2.05) is 5.57 Å². The number of rotatable bonds is 5. The molecule has 1 N–H and O–H groups in total. The maximum Gasteiger partial charge on any atom is 0.0577 e. The minimum absolute atomic E-state index is 0.0808. The highest BCUT2D eigenvalue weighted by atomic mass is 16.3. The minimum Gasteiger partial charge on any atom is -0.393 e. The van der Waals surface area contributed by atoms with Crippen LogP contribution in [0.4, 0.5) is 0 Å². The first-order valence-electron chi connectivity index (χ1n) is 13.8. The molecule has 4 saturated carbocycles. The van der Waals surface area contributed by atoms with Gasteiger partial charge in [0.2, 0.25) is 0 Å². The zero-order valence-corrected chi connectivity index (χ0v) is 21.1. The summed E-state index contributed by atoms with van der Waals surface area (Å²) in [5, 5.41) is 10.3. The first kappa shape index (κ1) is 22.2. The predicted molar refractivity (Wildman–Crippen MR) is 131 cm³/mol. The summed E-state index contributed by atoms with van der Waals surface area (Å²) in [4.78, 5) is 0. The lowest BCUT2D eigenvalue weighted by molar-refractivity contribution is -0.0571. The molecule has 0 saturated heterocycles. The van der Waals surface area contributed by atoms with E-state index in [1.54, 1.807) is 11.1 Å². The maximum atomic E-state index is 10.3. The highest BCUT2D eigenvalue weighted by molar-refractivity contribution is 5.27. The van der Waals surface area contributed by atoms with Crippen LogP contribution in [-0.4, -0.2) is 11.2 Å². The average Bonchev–Trinajstić information content (AvgIpc) is 3.48. The first-order chi connectivity index (χ1) is 14.7. The molecule has 0 aromatic heterocycles. The van der Waals surface area contributed by atoms with Crippen molar-refractivity contribution in [2.24, 2.45) is 46.3 Å². The van der Waals surface area contributed by atoms with Crippen molar-refractivity contribution in [1.82, 2.24) is 0 Å². The summed E-state index contributed by atoms with van der Waals surface area (Å²) in [5.41, 5.74) is 6.19. The van der Waals surface area contributed by atoms with Gasteiger partial charge in [-0.15, -0.1) is 0 Å². The number of hydrogen-bond acceptors (Lipinski definition) is 1. The maximum absolute atomic E-state index is 10.3. The summed E-state index contributed by atoms with van der Waals surface area (Å²) < 4.78 is 0. The van der Waals surface area contributed by atoms with Gasteiger partial charge in [0.1, 0.15) is 0 Å². The van der Waals surface area contributed by atoms with Gasteiger partial charge >= 0.3 is 0 Å². The molecular weight excluding hydrogens is 376 g/mol. The lowest BCUT2D eigenvalue weighted by atomic mass is 9.47. The Bertz CT molecular complexity index is 752. The van der Waals surface area contributed by atoms with Gasteiger partial charge in [-0.25, -0.2) is 0 Å². The third kappa shape index (κ3) is 3.70. The molecule has 5 aliphatic rings. The van der Waals surface area contributed by atoms with E-state index in [1.165, 1.54) is 64.2 Å². The normalized spacial score (nSPS) is 44.9. The molecular formula is C30H48O. The van der Waals surface area contributed by atoms with Crippen LogP contribution in [-0.2, 0) is 0 Å². The van der Waals surface area contributed by atoms with Gasteiger partial charge in [0.25, 0.3) is 0 Å². The van der Waals surface area contributed by atoms with Crippen molar-refractivity contribution in [3.05, 3.63) is 22.8 Å². The summed E-state index contributed by atoms with van der Waals surface area (Å²) in [5.74, 6) is 5.27. The molecule has 0 heterocycles.